The molecule has 2 aromatic heterocycles. The Balaban J connectivity index is 2.06. The summed E-state index contributed by atoms with van der Waals surface area (Å²) in [5.74, 6) is 0. The lowest BCUT2D eigenvalue weighted by molar-refractivity contribution is 0.158. The second-order valence-corrected chi connectivity index (χ2v) is 5.78. The number of nitrogens with zero attached hydrogens (tertiary/aromatic N) is 4. The van der Waals surface area contributed by atoms with E-state index in [1.54, 1.807) is 35.9 Å². The van der Waals surface area contributed by atoms with Crippen LogP contribution in [-0.4, -0.2) is 23.8 Å². The number of aliphatic hydroxyl groups is 1. The minimum atomic E-state index is -0.827. The second kappa shape index (κ2) is 5.68. The molecule has 0 aliphatic heterocycles. The van der Waals surface area contributed by atoms with E-state index >= 15 is 0 Å². The van der Waals surface area contributed by atoms with E-state index in [1.165, 1.54) is 17.9 Å². The molecule has 7 nitrogen and oxygen atoms in total. The molecule has 8 heteroatoms. The third kappa shape index (κ3) is 2.58. The first kappa shape index (κ1) is 15.5. The highest BCUT2D eigenvalue weighted by molar-refractivity contribution is 6.30. The molecule has 0 saturated heterocycles. The molecule has 120 valence electrons. The van der Waals surface area contributed by atoms with Crippen molar-refractivity contribution in [1.82, 2.24) is 18.7 Å². The maximum absolute atomic E-state index is 12.3. The van der Waals surface area contributed by atoms with Crippen molar-refractivity contribution in [1.29, 1.82) is 0 Å². The number of hydrogen-bond donors (Lipinski definition) is 1. The highest BCUT2D eigenvalue weighted by Gasteiger charge is 2.17. The Labute approximate surface area is 136 Å². The molecule has 0 unspecified atom stereocenters. The molecule has 0 amide bonds. The molecular formula is C15H15ClN4O3. The van der Waals surface area contributed by atoms with Crippen molar-refractivity contribution < 1.29 is 5.11 Å². The van der Waals surface area contributed by atoms with E-state index in [0.29, 0.717) is 16.2 Å². The number of aryl methyl sites for hydroxylation is 1. The van der Waals surface area contributed by atoms with Gasteiger partial charge in [-0.2, -0.15) is 0 Å². The van der Waals surface area contributed by atoms with Crippen molar-refractivity contribution in [3.8, 4) is 0 Å². The summed E-state index contributed by atoms with van der Waals surface area (Å²) < 4.78 is 3.88. The van der Waals surface area contributed by atoms with Crippen LogP contribution in [0.4, 0.5) is 0 Å². The Hall–Kier alpha value is -2.38. The number of benzene rings is 1. The molecule has 2 heterocycles. The summed E-state index contributed by atoms with van der Waals surface area (Å²) in [6.07, 6.45) is 0.622. The van der Waals surface area contributed by atoms with Crippen LogP contribution >= 0.6 is 11.6 Å². The number of hydrogen-bond acceptors (Lipinski definition) is 4. The fourth-order valence-electron chi connectivity index (χ4n) is 2.51. The van der Waals surface area contributed by atoms with Crippen LogP contribution in [0.5, 0.6) is 0 Å². The average Bonchev–Trinajstić information content (AvgIpc) is 2.95. The van der Waals surface area contributed by atoms with Crippen LogP contribution in [-0.2, 0) is 20.6 Å². The lowest BCUT2D eigenvalue weighted by Gasteiger charge is -2.13. The number of aromatic nitrogens is 4. The predicted octanol–water partition coefficient (Wildman–Crippen LogP) is 0.821. The van der Waals surface area contributed by atoms with Crippen LogP contribution in [0.25, 0.3) is 11.2 Å². The molecule has 1 N–H and O–H groups in total. The molecule has 0 fully saturated rings. The number of imidazole rings is 1. The summed E-state index contributed by atoms with van der Waals surface area (Å²) in [5, 5.41) is 10.9. The molecule has 0 saturated carbocycles. The number of fused-ring (bicyclic) bond motifs is 1. The van der Waals surface area contributed by atoms with E-state index in [9.17, 15) is 14.7 Å². The van der Waals surface area contributed by atoms with Crippen LogP contribution < -0.4 is 11.2 Å². The summed E-state index contributed by atoms with van der Waals surface area (Å²) in [6, 6.07) is 6.82. The smallest absolute Gasteiger partial charge is 0.332 e. The largest absolute Gasteiger partial charge is 0.387 e. The fourth-order valence-corrected chi connectivity index (χ4v) is 2.64. The Morgan fingerprint density at radius 1 is 1.17 bits per heavy atom. The zero-order valence-electron chi connectivity index (χ0n) is 12.6. The topological polar surface area (TPSA) is 82.0 Å². The fraction of sp³-hybridized carbons (Fsp3) is 0.267. The highest BCUT2D eigenvalue weighted by Crippen LogP contribution is 2.19. The molecule has 23 heavy (non-hydrogen) atoms. The number of aliphatic hydroxyl groups excluding tert-OH is 1. The molecule has 1 atom stereocenters. The summed E-state index contributed by atoms with van der Waals surface area (Å²) in [4.78, 5) is 28.4. The van der Waals surface area contributed by atoms with Gasteiger partial charge in [0.15, 0.2) is 11.2 Å². The van der Waals surface area contributed by atoms with Gasteiger partial charge in [0, 0.05) is 19.1 Å². The highest BCUT2D eigenvalue weighted by atomic mass is 35.5. The molecule has 0 aliphatic carbocycles. The van der Waals surface area contributed by atoms with Crippen molar-refractivity contribution in [2.45, 2.75) is 12.6 Å². The number of rotatable bonds is 3. The third-order valence-electron chi connectivity index (χ3n) is 3.84. The molecular weight excluding hydrogens is 320 g/mol. The van der Waals surface area contributed by atoms with E-state index in [0.717, 1.165) is 4.57 Å². The minimum absolute atomic E-state index is 0.144. The van der Waals surface area contributed by atoms with Crippen LogP contribution in [0.15, 0.2) is 40.2 Å². The second-order valence-electron chi connectivity index (χ2n) is 5.34. The molecule has 3 aromatic rings. The van der Waals surface area contributed by atoms with Crippen LogP contribution in [0.2, 0.25) is 5.02 Å². The minimum Gasteiger partial charge on any atom is -0.387 e. The number of halogens is 1. The van der Waals surface area contributed by atoms with Crippen LogP contribution in [0.3, 0.4) is 0 Å². The van der Waals surface area contributed by atoms with Crippen molar-refractivity contribution in [3.63, 3.8) is 0 Å². The molecule has 0 spiro atoms. The zero-order chi connectivity index (χ0) is 16.7. The van der Waals surface area contributed by atoms with Crippen molar-refractivity contribution in [3.05, 3.63) is 62.0 Å². The molecule has 0 aliphatic rings. The monoisotopic (exact) mass is 334 g/mol. The quantitative estimate of drug-likeness (QED) is 0.769. The molecule has 0 radical (unpaired) electrons. The maximum atomic E-state index is 12.3. The Morgan fingerprint density at radius 2 is 1.83 bits per heavy atom. The van der Waals surface area contributed by atoms with Crippen molar-refractivity contribution >= 4 is 22.8 Å². The van der Waals surface area contributed by atoms with Gasteiger partial charge in [-0.1, -0.05) is 23.7 Å². The van der Waals surface area contributed by atoms with Gasteiger partial charge in [-0.3, -0.25) is 13.9 Å². The Morgan fingerprint density at radius 3 is 2.48 bits per heavy atom. The van der Waals surface area contributed by atoms with Gasteiger partial charge in [0.1, 0.15) is 0 Å². The Kier molecular flexibility index (Phi) is 3.83. The van der Waals surface area contributed by atoms with Gasteiger partial charge in [-0.25, -0.2) is 9.78 Å². The van der Waals surface area contributed by atoms with Crippen LogP contribution in [0, 0.1) is 0 Å². The maximum Gasteiger partial charge on any atom is 0.332 e. The first-order chi connectivity index (χ1) is 10.9. The van der Waals surface area contributed by atoms with Gasteiger partial charge in [0.2, 0.25) is 0 Å². The zero-order valence-corrected chi connectivity index (χ0v) is 13.4. The van der Waals surface area contributed by atoms with E-state index in [1.807, 2.05) is 0 Å². The van der Waals surface area contributed by atoms with Gasteiger partial charge in [0.05, 0.1) is 19.0 Å². The van der Waals surface area contributed by atoms with Crippen LogP contribution in [0.1, 0.15) is 11.7 Å². The van der Waals surface area contributed by atoms with Crippen molar-refractivity contribution in [2.24, 2.45) is 14.1 Å². The molecule has 1 aromatic carbocycles. The summed E-state index contributed by atoms with van der Waals surface area (Å²) in [5.41, 5.74) is 0.372. The Bertz CT molecular complexity index is 985. The van der Waals surface area contributed by atoms with Gasteiger partial charge in [0.25, 0.3) is 5.56 Å². The van der Waals surface area contributed by atoms with Gasteiger partial charge in [-0.05, 0) is 17.7 Å². The predicted molar refractivity (Wildman–Crippen MR) is 86.6 cm³/mol. The van der Waals surface area contributed by atoms with Crippen molar-refractivity contribution in [2.75, 3.05) is 0 Å². The van der Waals surface area contributed by atoms with E-state index in [4.69, 9.17) is 11.6 Å². The van der Waals surface area contributed by atoms with Gasteiger partial charge in [-0.15, -0.1) is 0 Å². The van der Waals surface area contributed by atoms with E-state index in [2.05, 4.69) is 4.98 Å². The standard InChI is InChI=1S/C15H15ClN4O3/c1-18-13-12(14(22)19(2)15(18)23)20(8-17-13)7-11(21)9-3-5-10(16)6-4-9/h3-6,8,11,21H,7H2,1-2H3/t11-/m1/s1. The molecule has 0 bridgehead atoms. The van der Waals surface area contributed by atoms with Gasteiger partial charge >= 0.3 is 5.69 Å². The third-order valence-corrected chi connectivity index (χ3v) is 4.09. The SMILES string of the molecule is Cn1c(=O)c2c(ncn2C[C@@H](O)c2ccc(Cl)cc2)n(C)c1=O. The molecule has 3 rings (SSSR count). The first-order valence-corrected chi connectivity index (χ1v) is 7.32. The van der Waals surface area contributed by atoms with Gasteiger partial charge < -0.3 is 9.67 Å². The summed E-state index contributed by atoms with van der Waals surface area (Å²) >= 11 is 5.83. The van der Waals surface area contributed by atoms with E-state index < -0.39 is 17.4 Å². The average molecular weight is 335 g/mol. The van der Waals surface area contributed by atoms with E-state index in [-0.39, 0.29) is 12.1 Å². The summed E-state index contributed by atoms with van der Waals surface area (Å²) in [7, 11) is 2.97. The summed E-state index contributed by atoms with van der Waals surface area (Å²) in [6.45, 7) is 0.144. The lowest BCUT2D eigenvalue weighted by Crippen LogP contribution is -2.37. The normalized spacial score (nSPS) is 12.7. The first-order valence-electron chi connectivity index (χ1n) is 6.94. The lowest BCUT2D eigenvalue weighted by atomic mass is 10.1.